The van der Waals surface area contributed by atoms with Gasteiger partial charge in [-0.1, -0.05) is 72.8 Å². The van der Waals surface area contributed by atoms with E-state index in [2.05, 4.69) is 36.5 Å². The van der Waals surface area contributed by atoms with Gasteiger partial charge in [0.15, 0.2) is 0 Å². The summed E-state index contributed by atoms with van der Waals surface area (Å²) >= 11 is 1.55. The van der Waals surface area contributed by atoms with Gasteiger partial charge in [0.2, 0.25) is 5.91 Å². The summed E-state index contributed by atoms with van der Waals surface area (Å²) in [7, 11) is 0. The van der Waals surface area contributed by atoms with Crippen molar-refractivity contribution in [2.24, 2.45) is 0 Å². The Balaban J connectivity index is 1.76. The summed E-state index contributed by atoms with van der Waals surface area (Å²) in [5.74, 6) is 0.435. The van der Waals surface area contributed by atoms with E-state index in [1.54, 1.807) is 11.8 Å². The van der Waals surface area contributed by atoms with Crippen LogP contribution in [-0.4, -0.2) is 11.7 Å². The Morgan fingerprint density at radius 1 is 0.880 bits per heavy atom. The summed E-state index contributed by atoms with van der Waals surface area (Å²) in [6.45, 7) is 2.08. The number of thioether (sulfide) groups is 1. The molecule has 2 nitrogen and oxygen atoms in total. The molecule has 0 aliphatic carbocycles. The molecule has 0 bridgehead atoms. The summed E-state index contributed by atoms with van der Waals surface area (Å²) in [6, 6.07) is 28.2. The number of benzene rings is 3. The summed E-state index contributed by atoms with van der Waals surface area (Å²) in [5.41, 5.74) is 3.40. The van der Waals surface area contributed by atoms with E-state index in [9.17, 15) is 4.79 Å². The van der Waals surface area contributed by atoms with Crippen molar-refractivity contribution in [3.63, 3.8) is 0 Å². The first-order valence-electron chi connectivity index (χ1n) is 8.32. The van der Waals surface area contributed by atoms with Crippen molar-refractivity contribution in [3.8, 4) is 0 Å². The summed E-state index contributed by atoms with van der Waals surface area (Å²) in [4.78, 5) is 13.7. The Morgan fingerprint density at radius 3 is 2.16 bits per heavy atom. The zero-order valence-electron chi connectivity index (χ0n) is 14.2. The van der Waals surface area contributed by atoms with Crippen LogP contribution >= 0.6 is 11.8 Å². The summed E-state index contributed by atoms with van der Waals surface area (Å²) in [5, 5.41) is 3.20. The molecule has 3 aromatic carbocycles. The van der Waals surface area contributed by atoms with Gasteiger partial charge >= 0.3 is 0 Å². The number of carbonyl (C=O) groups excluding carboxylic acids is 1. The van der Waals surface area contributed by atoms with Crippen molar-refractivity contribution >= 4 is 17.7 Å². The van der Waals surface area contributed by atoms with Gasteiger partial charge in [0.25, 0.3) is 0 Å². The number of amides is 1. The molecule has 3 aromatic rings. The average molecular weight is 347 g/mol. The number of hydrogen-bond acceptors (Lipinski definition) is 2. The van der Waals surface area contributed by atoms with Gasteiger partial charge in [0.05, 0.1) is 11.8 Å². The molecule has 1 unspecified atom stereocenters. The van der Waals surface area contributed by atoms with E-state index >= 15 is 0 Å². The molecular weight excluding hydrogens is 326 g/mol. The normalized spacial score (nSPS) is 11.7. The Kier molecular flexibility index (Phi) is 5.91. The summed E-state index contributed by atoms with van der Waals surface area (Å²) in [6.07, 6.45) is 0. The highest BCUT2D eigenvalue weighted by molar-refractivity contribution is 8.00. The van der Waals surface area contributed by atoms with Crippen LogP contribution in [0.25, 0.3) is 0 Å². The molecule has 25 heavy (non-hydrogen) atoms. The van der Waals surface area contributed by atoms with Crippen molar-refractivity contribution in [2.45, 2.75) is 17.9 Å². The maximum atomic E-state index is 12.6. The molecule has 126 valence electrons. The van der Waals surface area contributed by atoms with Gasteiger partial charge in [-0.15, -0.1) is 11.8 Å². The lowest BCUT2D eigenvalue weighted by molar-refractivity contribution is -0.119. The van der Waals surface area contributed by atoms with Crippen molar-refractivity contribution in [1.82, 2.24) is 5.32 Å². The zero-order valence-corrected chi connectivity index (χ0v) is 15.0. The van der Waals surface area contributed by atoms with Crippen LogP contribution in [0.15, 0.2) is 89.8 Å². The number of aryl methyl sites for hydroxylation is 1. The van der Waals surface area contributed by atoms with E-state index in [1.165, 1.54) is 5.56 Å². The third-order valence-electron chi connectivity index (χ3n) is 4.05. The van der Waals surface area contributed by atoms with E-state index in [1.807, 2.05) is 60.7 Å². The number of hydrogen-bond donors (Lipinski definition) is 1. The minimum absolute atomic E-state index is 0.0333. The first-order chi connectivity index (χ1) is 12.2. The lowest BCUT2D eigenvalue weighted by Crippen LogP contribution is -2.31. The van der Waals surface area contributed by atoms with E-state index in [0.29, 0.717) is 5.75 Å². The first kappa shape index (κ1) is 17.3. The highest BCUT2D eigenvalue weighted by Crippen LogP contribution is 2.25. The van der Waals surface area contributed by atoms with Crippen LogP contribution in [-0.2, 0) is 4.79 Å². The van der Waals surface area contributed by atoms with Crippen LogP contribution in [0, 0.1) is 6.92 Å². The predicted octanol–water partition coefficient (Wildman–Crippen LogP) is 4.99. The van der Waals surface area contributed by atoms with Gasteiger partial charge in [0.1, 0.15) is 0 Å². The second-order valence-corrected chi connectivity index (χ2v) is 6.92. The quantitative estimate of drug-likeness (QED) is 0.636. The second-order valence-electron chi connectivity index (χ2n) is 5.87. The molecule has 0 aliphatic heterocycles. The molecule has 1 N–H and O–H groups in total. The number of carbonyl (C=O) groups is 1. The minimum atomic E-state index is -0.133. The Hall–Kier alpha value is -2.52. The lowest BCUT2D eigenvalue weighted by Gasteiger charge is -2.21. The molecule has 3 heteroatoms. The molecule has 0 saturated carbocycles. The molecule has 0 heterocycles. The van der Waals surface area contributed by atoms with Gasteiger partial charge in [-0.2, -0.15) is 0 Å². The van der Waals surface area contributed by atoms with Crippen LogP contribution in [0.3, 0.4) is 0 Å². The Labute approximate surface area is 153 Å². The van der Waals surface area contributed by atoms with E-state index < -0.39 is 0 Å². The highest BCUT2D eigenvalue weighted by Gasteiger charge is 2.18. The molecule has 0 fully saturated rings. The largest absolute Gasteiger partial charge is 0.344 e. The zero-order chi connectivity index (χ0) is 17.5. The minimum Gasteiger partial charge on any atom is -0.344 e. The van der Waals surface area contributed by atoms with Gasteiger partial charge in [0, 0.05) is 4.90 Å². The van der Waals surface area contributed by atoms with Crippen LogP contribution < -0.4 is 5.32 Å². The first-order valence-corrected chi connectivity index (χ1v) is 9.30. The van der Waals surface area contributed by atoms with E-state index in [-0.39, 0.29) is 11.9 Å². The maximum Gasteiger partial charge on any atom is 0.231 e. The number of rotatable bonds is 6. The third kappa shape index (κ3) is 4.74. The second kappa shape index (κ2) is 8.54. The monoisotopic (exact) mass is 347 g/mol. The van der Waals surface area contributed by atoms with Crippen molar-refractivity contribution in [3.05, 3.63) is 102 Å². The van der Waals surface area contributed by atoms with Gasteiger partial charge in [-0.05, 0) is 35.7 Å². The molecular formula is C22H21NOS. The van der Waals surface area contributed by atoms with Crippen LogP contribution in [0.2, 0.25) is 0 Å². The SMILES string of the molecule is Cc1ccccc1C(NC(=O)CSc1ccccc1)c1ccccc1. The lowest BCUT2D eigenvalue weighted by atomic mass is 9.95. The van der Waals surface area contributed by atoms with Gasteiger partial charge in [-0.3, -0.25) is 4.79 Å². The molecule has 0 aromatic heterocycles. The highest BCUT2D eigenvalue weighted by atomic mass is 32.2. The number of nitrogens with one attached hydrogen (secondary N) is 1. The summed E-state index contributed by atoms with van der Waals surface area (Å²) < 4.78 is 0. The van der Waals surface area contributed by atoms with Crippen LogP contribution in [0.1, 0.15) is 22.7 Å². The topological polar surface area (TPSA) is 29.1 Å². The molecule has 0 radical (unpaired) electrons. The van der Waals surface area contributed by atoms with Crippen LogP contribution in [0.5, 0.6) is 0 Å². The Morgan fingerprint density at radius 2 is 1.48 bits per heavy atom. The van der Waals surface area contributed by atoms with Crippen molar-refractivity contribution < 1.29 is 4.79 Å². The van der Waals surface area contributed by atoms with E-state index in [0.717, 1.165) is 16.0 Å². The third-order valence-corrected chi connectivity index (χ3v) is 5.06. The maximum absolute atomic E-state index is 12.6. The standard InChI is InChI=1S/C22H21NOS/c1-17-10-8-9-15-20(17)22(18-11-4-2-5-12-18)23-21(24)16-25-19-13-6-3-7-14-19/h2-15,22H,16H2,1H3,(H,23,24). The van der Waals surface area contributed by atoms with E-state index in [4.69, 9.17) is 0 Å². The Bertz CT molecular complexity index is 818. The molecule has 1 amide bonds. The van der Waals surface area contributed by atoms with Crippen molar-refractivity contribution in [2.75, 3.05) is 5.75 Å². The molecule has 0 aliphatic rings. The fourth-order valence-electron chi connectivity index (χ4n) is 2.77. The molecule has 0 saturated heterocycles. The van der Waals surface area contributed by atoms with Crippen LogP contribution in [0.4, 0.5) is 0 Å². The van der Waals surface area contributed by atoms with Crippen molar-refractivity contribution in [1.29, 1.82) is 0 Å². The predicted molar refractivity (Wildman–Crippen MR) is 105 cm³/mol. The average Bonchev–Trinajstić information content (AvgIpc) is 2.67. The molecule has 1 atom stereocenters. The molecule has 0 spiro atoms. The molecule has 3 rings (SSSR count). The van der Waals surface area contributed by atoms with Gasteiger partial charge < -0.3 is 5.32 Å². The van der Waals surface area contributed by atoms with Gasteiger partial charge in [-0.25, -0.2) is 0 Å². The smallest absolute Gasteiger partial charge is 0.231 e. The fraction of sp³-hybridized carbons (Fsp3) is 0.136. The fourth-order valence-corrected chi connectivity index (χ4v) is 3.50.